The van der Waals surface area contributed by atoms with Crippen LogP contribution in [0.25, 0.3) is 0 Å². The molecule has 0 bridgehead atoms. The number of rotatable bonds is 7. The van der Waals surface area contributed by atoms with E-state index in [0.29, 0.717) is 71.9 Å². The molecule has 5 aliphatic rings. The molecule has 5 heterocycles. The Labute approximate surface area is 284 Å². The van der Waals surface area contributed by atoms with Crippen molar-refractivity contribution >= 4 is 30.0 Å². The van der Waals surface area contributed by atoms with Crippen LogP contribution in [0.2, 0.25) is 0 Å². The Bertz CT molecular complexity index is 1330. The van der Waals surface area contributed by atoms with Crippen LogP contribution in [-0.2, 0) is 50.9 Å². The van der Waals surface area contributed by atoms with Crippen molar-refractivity contribution < 1.29 is 57.9 Å². The van der Waals surface area contributed by atoms with E-state index in [4.69, 9.17) is 33.9 Å². The molecule has 49 heavy (non-hydrogen) atoms. The monoisotopic (exact) mass is 684 g/mol. The number of hydrogen-bond donors (Lipinski definition) is 3. The third kappa shape index (κ3) is 12.1. The minimum absolute atomic E-state index is 0.134. The van der Waals surface area contributed by atoms with E-state index in [1.54, 1.807) is 0 Å². The molecule has 2 aromatic carbocycles. The van der Waals surface area contributed by atoms with E-state index in [9.17, 15) is 24.0 Å². The molecule has 0 spiro atoms. The number of cyclic esters (lactones) is 2. The molecule has 3 N–H and O–H groups in total. The number of nitrogens with one attached hydrogen (secondary N) is 1. The third-order valence-electron chi connectivity index (χ3n) is 8.41. The first-order chi connectivity index (χ1) is 23.7. The number of carboxylic acid groups (broad SMARTS) is 2. The van der Waals surface area contributed by atoms with Crippen molar-refractivity contribution in [1.29, 1.82) is 0 Å². The number of nitrogens with zero attached hydrogens (tertiary/aromatic N) is 1. The van der Waals surface area contributed by atoms with Crippen LogP contribution < -0.4 is 5.32 Å². The number of amides is 3. The van der Waals surface area contributed by atoms with E-state index < -0.39 is 18.0 Å². The number of carboxylic acids is 2. The maximum Gasteiger partial charge on any atom is 0.416 e. The van der Waals surface area contributed by atoms with Crippen molar-refractivity contribution in [2.45, 2.75) is 44.2 Å². The lowest BCUT2D eigenvalue weighted by Gasteiger charge is -2.22. The summed E-state index contributed by atoms with van der Waals surface area (Å²) in [5, 5.41) is 19.4. The standard InChI is InChI=1S/C15H17NO4.C10H11NO2.2C5H8O3/c17-14(12-6-7-19-9-12)16-13(10-20-15(16)18)8-11-4-2-1-3-5-11;12-10-11-9(7-13-10)6-8-4-2-1-3-5-8;2*6-5(7)4-1-2-8-3-4/h1-5,12-13H,6-10H2;1-5,9H,6-7H2,(H,11,12);2*4H,1-3H2,(H,6,7)/t12-,13+;9-;4-;/m010./s1. The Morgan fingerprint density at radius 1 is 0.653 bits per heavy atom. The molecular weight excluding hydrogens is 640 g/mol. The first-order valence-electron chi connectivity index (χ1n) is 16.4. The molecule has 0 aromatic heterocycles. The fraction of sp³-hybridized carbons (Fsp3) is 0.514. The predicted octanol–water partition coefficient (Wildman–Crippen LogP) is 3.17. The Kier molecular flexibility index (Phi) is 14.8. The number of alkyl carbamates (subject to hydrolysis) is 1. The van der Waals surface area contributed by atoms with Crippen LogP contribution in [0, 0.1) is 17.8 Å². The zero-order valence-electron chi connectivity index (χ0n) is 27.3. The minimum Gasteiger partial charge on any atom is -0.481 e. The van der Waals surface area contributed by atoms with Gasteiger partial charge in [-0.25, -0.2) is 14.5 Å². The third-order valence-corrected chi connectivity index (χ3v) is 8.41. The van der Waals surface area contributed by atoms with Gasteiger partial charge in [-0.15, -0.1) is 0 Å². The van der Waals surface area contributed by atoms with Gasteiger partial charge in [0.05, 0.1) is 49.7 Å². The molecule has 5 aliphatic heterocycles. The molecule has 0 aliphatic carbocycles. The molecule has 5 atom stereocenters. The van der Waals surface area contributed by atoms with Crippen molar-refractivity contribution in [3.8, 4) is 0 Å². The minimum atomic E-state index is -0.734. The Morgan fingerprint density at radius 2 is 1.14 bits per heavy atom. The van der Waals surface area contributed by atoms with Gasteiger partial charge >= 0.3 is 24.1 Å². The summed E-state index contributed by atoms with van der Waals surface area (Å²) < 4.78 is 24.7. The van der Waals surface area contributed by atoms with Gasteiger partial charge < -0.3 is 39.2 Å². The van der Waals surface area contributed by atoms with E-state index in [-0.39, 0.29) is 48.4 Å². The van der Waals surface area contributed by atoms with Crippen LogP contribution >= 0.6 is 0 Å². The summed E-state index contributed by atoms with van der Waals surface area (Å²) in [5.74, 6) is -2.32. The normalized spacial score (nSPS) is 25.3. The summed E-state index contributed by atoms with van der Waals surface area (Å²) in [4.78, 5) is 56.5. The first-order valence-corrected chi connectivity index (χ1v) is 16.4. The molecular formula is C35H44N2O12. The van der Waals surface area contributed by atoms with Crippen molar-refractivity contribution in [1.82, 2.24) is 10.2 Å². The zero-order valence-corrected chi connectivity index (χ0v) is 27.3. The fourth-order valence-electron chi connectivity index (χ4n) is 5.59. The summed E-state index contributed by atoms with van der Waals surface area (Å²) in [6.45, 7) is 3.75. The van der Waals surface area contributed by atoms with E-state index in [1.165, 1.54) is 10.5 Å². The second-order valence-electron chi connectivity index (χ2n) is 12.1. The highest BCUT2D eigenvalue weighted by atomic mass is 16.6. The number of imide groups is 1. The lowest BCUT2D eigenvalue weighted by molar-refractivity contribution is -0.142. The number of carbonyl (C=O) groups excluding carboxylic acids is 3. The van der Waals surface area contributed by atoms with Gasteiger partial charge in [0.2, 0.25) is 5.91 Å². The maximum atomic E-state index is 12.4. The summed E-state index contributed by atoms with van der Waals surface area (Å²) in [5.41, 5.74) is 2.31. The smallest absolute Gasteiger partial charge is 0.416 e. The molecule has 1 unspecified atom stereocenters. The highest BCUT2D eigenvalue weighted by Crippen LogP contribution is 2.23. The van der Waals surface area contributed by atoms with Crippen molar-refractivity contribution in [2.24, 2.45) is 17.8 Å². The van der Waals surface area contributed by atoms with E-state index in [2.05, 4.69) is 5.32 Å². The fourth-order valence-corrected chi connectivity index (χ4v) is 5.59. The molecule has 5 fully saturated rings. The van der Waals surface area contributed by atoms with Gasteiger partial charge in [0.1, 0.15) is 13.2 Å². The molecule has 0 radical (unpaired) electrons. The summed E-state index contributed by atoms with van der Waals surface area (Å²) >= 11 is 0. The number of aliphatic carboxylic acids is 2. The van der Waals surface area contributed by atoms with Gasteiger partial charge in [0, 0.05) is 19.8 Å². The van der Waals surface area contributed by atoms with Crippen LogP contribution in [0.5, 0.6) is 0 Å². The zero-order chi connectivity index (χ0) is 35.0. The van der Waals surface area contributed by atoms with E-state index in [0.717, 1.165) is 12.0 Å². The Balaban J connectivity index is 0.000000160. The maximum absolute atomic E-state index is 12.4. The summed E-state index contributed by atoms with van der Waals surface area (Å²) in [6.07, 6.45) is 2.67. The van der Waals surface area contributed by atoms with Crippen LogP contribution in [0.15, 0.2) is 60.7 Å². The molecule has 266 valence electrons. The predicted molar refractivity (Wildman–Crippen MR) is 173 cm³/mol. The van der Waals surface area contributed by atoms with Crippen molar-refractivity contribution in [3.05, 3.63) is 71.8 Å². The van der Waals surface area contributed by atoms with Gasteiger partial charge in [0.25, 0.3) is 0 Å². The van der Waals surface area contributed by atoms with Gasteiger partial charge in [0.15, 0.2) is 0 Å². The van der Waals surface area contributed by atoms with Crippen LogP contribution in [-0.4, -0.2) is 110 Å². The van der Waals surface area contributed by atoms with E-state index in [1.807, 2.05) is 60.7 Å². The molecule has 7 rings (SSSR count). The SMILES string of the molecule is O=C(O)C1CCOC1.O=C(O)[C@H]1CCOC1.O=C1N[C@H](Cc2ccccc2)CO1.O=C1OC[C@@H](Cc2ccccc2)N1C(=O)[C@H]1CCOC1. The van der Waals surface area contributed by atoms with Crippen molar-refractivity contribution in [2.75, 3.05) is 52.9 Å². The number of benzene rings is 2. The summed E-state index contributed by atoms with van der Waals surface area (Å²) in [7, 11) is 0. The Hall–Kier alpha value is -4.53. The molecule has 14 nitrogen and oxygen atoms in total. The molecule has 0 saturated carbocycles. The highest BCUT2D eigenvalue weighted by molar-refractivity contribution is 5.95. The quantitative estimate of drug-likeness (QED) is 0.387. The number of hydrogen-bond acceptors (Lipinski definition) is 10. The van der Waals surface area contributed by atoms with Gasteiger partial charge in [-0.1, -0.05) is 60.7 Å². The highest BCUT2D eigenvalue weighted by Gasteiger charge is 2.41. The van der Waals surface area contributed by atoms with Crippen LogP contribution in [0.1, 0.15) is 30.4 Å². The molecule has 5 saturated heterocycles. The van der Waals surface area contributed by atoms with E-state index >= 15 is 0 Å². The molecule has 2 aromatic rings. The lowest BCUT2D eigenvalue weighted by atomic mass is 10.0. The van der Waals surface area contributed by atoms with Gasteiger partial charge in [-0.3, -0.25) is 14.4 Å². The summed E-state index contributed by atoms with van der Waals surface area (Å²) in [6, 6.07) is 19.8. The van der Waals surface area contributed by atoms with Crippen molar-refractivity contribution in [3.63, 3.8) is 0 Å². The average Bonchev–Trinajstić information content (AvgIpc) is 3.95. The molecule has 3 amide bonds. The van der Waals surface area contributed by atoms with Gasteiger partial charge in [-0.2, -0.15) is 0 Å². The first kappa shape index (κ1) is 37.3. The second-order valence-corrected chi connectivity index (χ2v) is 12.1. The van der Waals surface area contributed by atoms with Gasteiger partial charge in [-0.05, 0) is 43.2 Å². The number of ether oxygens (including phenoxy) is 5. The van der Waals surface area contributed by atoms with Crippen LogP contribution in [0.4, 0.5) is 9.59 Å². The Morgan fingerprint density at radius 3 is 1.55 bits per heavy atom. The second kappa shape index (κ2) is 19.5. The lowest BCUT2D eigenvalue weighted by Crippen LogP contribution is -2.43. The largest absolute Gasteiger partial charge is 0.481 e. The molecule has 14 heteroatoms. The average molecular weight is 685 g/mol. The van der Waals surface area contributed by atoms with Crippen LogP contribution in [0.3, 0.4) is 0 Å². The topological polar surface area (TPSA) is 187 Å². The number of carbonyl (C=O) groups is 5.